The number of rotatable bonds is 1. The number of urea groups is 1. The van der Waals surface area contributed by atoms with Crippen molar-refractivity contribution in [3.8, 4) is 0 Å². The van der Waals surface area contributed by atoms with Gasteiger partial charge < -0.3 is 14.9 Å². The number of carbonyl (C=O) groups excluding carboxylic acids is 1. The standard InChI is InChI=1S/C14H24N2O3/c1-10-4-6-16(11(8-10)12(17)18)13(19)15-7-5-14(2,3)9-15/h10-11H,4-9H2,1-3H3,(H,17,18). The van der Waals surface area contributed by atoms with E-state index in [1.807, 2.05) is 4.90 Å². The molecule has 0 aromatic heterocycles. The van der Waals surface area contributed by atoms with Crippen LogP contribution in [0.1, 0.15) is 40.0 Å². The SMILES string of the molecule is CC1CCN(C(=O)N2CCC(C)(C)C2)C(C(=O)O)C1. The molecule has 2 aliphatic heterocycles. The molecule has 0 spiro atoms. The molecule has 0 bridgehead atoms. The van der Waals surface area contributed by atoms with E-state index in [-0.39, 0.29) is 11.4 Å². The van der Waals surface area contributed by atoms with Gasteiger partial charge in [0, 0.05) is 19.6 Å². The summed E-state index contributed by atoms with van der Waals surface area (Å²) in [6.07, 6.45) is 2.45. The minimum atomic E-state index is -0.877. The lowest BCUT2D eigenvalue weighted by Gasteiger charge is -2.38. The molecule has 2 saturated heterocycles. The Morgan fingerprint density at radius 3 is 2.47 bits per heavy atom. The molecule has 2 atom stereocenters. The van der Waals surface area contributed by atoms with Crippen LogP contribution in [0.4, 0.5) is 4.79 Å². The number of carbonyl (C=O) groups is 2. The van der Waals surface area contributed by atoms with Gasteiger partial charge in [-0.25, -0.2) is 9.59 Å². The highest BCUT2D eigenvalue weighted by atomic mass is 16.4. The Kier molecular flexibility index (Phi) is 3.74. The first-order valence-electron chi connectivity index (χ1n) is 7.08. The summed E-state index contributed by atoms with van der Waals surface area (Å²) in [4.78, 5) is 27.2. The second-order valence-corrected chi connectivity index (χ2v) is 6.80. The van der Waals surface area contributed by atoms with E-state index < -0.39 is 12.0 Å². The first kappa shape index (κ1) is 14.2. The normalized spacial score (nSPS) is 30.5. The van der Waals surface area contributed by atoms with Gasteiger partial charge in [-0.1, -0.05) is 20.8 Å². The van der Waals surface area contributed by atoms with Crippen LogP contribution in [0.15, 0.2) is 0 Å². The molecule has 0 radical (unpaired) electrons. The van der Waals surface area contributed by atoms with Crippen LogP contribution in [0.3, 0.4) is 0 Å². The number of amides is 2. The molecular weight excluding hydrogens is 244 g/mol. The molecule has 0 aromatic carbocycles. The molecule has 2 heterocycles. The van der Waals surface area contributed by atoms with E-state index in [4.69, 9.17) is 0 Å². The quantitative estimate of drug-likeness (QED) is 0.791. The van der Waals surface area contributed by atoms with Crippen molar-refractivity contribution in [1.82, 2.24) is 9.80 Å². The second kappa shape index (κ2) is 5.02. The fraction of sp³-hybridized carbons (Fsp3) is 0.857. The first-order valence-corrected chi connectivity index (χ1v) is 7.08. The third kappa shape index (κ3) is 3.01. The number of carboxylic acid groups (broad SMARTS) is 1. The van der Waals surface area contributed by atoms with Crippen molar-refractivity contribution in [2.45, 2.75) is 46.1 Å². The molecule has 2 unspecified atom stereocenters. The summed E-state index contributed by atoms with van der Waals surface area (Å²) in [5.74, 6) is -0.501. The van der Waals surface area contributed by atoms with Crippen molar-refractivity contribution >= 4 is 12.0 Å². The lowest BCUT2D eigenvalue weighted by molar-refractivity contribution is -0.144. The Balaban J connectivity index is 2.07. The number of nitrogens with zero attached hydrogens (tertiary/aromatic N) is 2. The Morgan fingerprint density at radius 2 is 1.95 bits per heavy atom. The monoisotopic (exact) mass is 268 g/mol. The second-order valence-electron chi connectivity index (χ2n) is 6.80. The van der Waals surface area contributed by atoms with E-state index in [1.165, 1.54) is 0 Å². The topological polar surface area (TPSA) is 60.9 Å². The predicted molar refractivity (Wildman–Crippen MR) is 71.9 cm³/mol. The van der Waals surface area contributed by atoms with Gasteiger partial charge in [0.25, 0.3) is 0 Å². The molecule has 2 rings (SSSR count). The lowest BCUT2D eigenvalue weighted by atomic mass is 9.92. The van der Waals surface area contributed by atoms with Gasteiger partial charge in [-0.15, -0.1) is 0 Å². The van der Waals surface area contributed by atoms with Crippen LogP contribution in [-0.4, -0.2) is 52.6 Å². The zero-order valence-corrected chi connectivity index (χ0v) is 12.1. The van der Waals surface area contributed by atoms with E-state index in [0.717, 1.165) is 25.9 Å². The Bertz CT molecular complexity index is 381. The summed E-state index contributed by atoms with van der Waals surface area (Å²) in [5.41, 5.74) is 0.150. The minimum Gasteiger partial charge on any atom is -0.480 e. The number of carboxylic acids is 1. The highest BCUT2D eigenvalue weighted by Gasteiger charge is 2.40. The first-order chi connectivity index (χ1) is 8.80. The van der Waals surface area contributed by atoms with Crippen molar-refractivity contribution in [2.24, 2.45) is 11.3 Å². The van der Waals surface area contributed by atoms with Gasteiger partial charge >= 0.3 is 12.0 Å². The average Bonchev–Trinajstić information content (AvgIpc) is 2.68. The van der Waals surface area contributed by atoms with Crippen LogP contribution < -0.4 is 0 Å². The summed E-state index contributed by atoms with van der Waals surface area (Å²) in [6, 6.07) is -0.746. The van der Waals surface area contributed by atoms with Gasteiger partial charge in [0.2, 0.25) is 0 Å². The van der Waals surface area contributed by atoms with Crippen molar-refractivity contribution in [3.05, 3.63) is 0 Å². The Hall–Kier alpha value is -1.26. The van der Waals surface area contributed by atoms with Crippen LogP contribution in [0.5, 0.6) is 0 Å². The number of hydrogen-bond donors (Lipinski definition) is 1. The van der Waals surface area contributed by atoms with Crippen molar-refractivity contribution in [2.75, 3.05) is 19.6 Å². The summed E-state index contributed by atoms with van der Waals surface area (Å²) in [6.45, 7) is 8.37. The third-order valence-electron chi connectivity index (χ3n) is 4.34. The average molecular weight is 268 g/mol. The molecular formula is C14H24N2O3. The van der Waals surface area contributed by atoms with Gasteiger partial charge in [-0.3, -0.25) is 0 Å². The number of likely N-dealkylation sites (tertiary alicyclic amines) is 2. The smallest absolute Gasteiger partial charge is 0.326 e. The van der Waals surface area contributed by atoms with Crippen molar-refractivity contribution < 1.29 is 14.7 Å². The molecule has 0 aromatic rings. The van der Waals surface area contributed by atoms with Gasteiger partial charge in [0.15, 0.2) is 0 Å². The maximum Gasteiger partial charge on any atom is 0.326 e. The largest absolute Gasteiger partial charge is 0.480 e. The molecule has 19 heavy (non-hydrogen) atoms. The van der Waals surface area contributed by atoms with Gasteiger partial charge in [-0.05, 0) is 30.6 Å². The maximum atomic E-state index is 12.5. The van der Waals surface area contributed by atoms with E-state index in [9.17, 15) is 14.7 Å². The predicted octanol–water partition coefficient (Wildman–Crippen LogP) is 2.02. The third-order valence-corrected chi connectivity index (χ3v) is 4.34. The number of hydrogen-bond acceptors (Lipinski definition) is 2. The van der Waals surface area contributed by atoms with Gasteiger partial charge in [0.05, 0.1) is 0 Å². The van der Waals surface area contributed by atoms with Crippen molar-refractivity contribution in [3.63, 3.8) is 0 Å². The molecule has 2 fully saturated rings. The fourth-order valence-corrected chi connectivity index (χ4v) is 3.06. The molecule has 2 aliphatic rings. The summed E-state index contributed by atoms with van der Waals surface area (Å²) >= 11 is 0. The molecule has 2 amide bonds. The fourth-order valence-electron chi connectivity index (χ4n) is 3.06. The zero-order valence-electron chi connectivity index (χ0n) is 12.1. The van der Waals surface area contributed by atoms with E-state index >= 15 is 0 Å². The number of piperidine rings is 1. The minimum absolute atomic E-state index is 0.0927. The van der Waals surface area contributed by atoms with Gasteiger partial charge in [-0.2, -0.15) is 0 Å². The van der Waals surface area contributed by atoms with Crippen LogP contribution in [0.2, 0.25) is 0 Å². The molecule has 108 valence electrons. The van der Waals surface area contributed by atoms with E-state index in [1.54, 1.807) is 4.90 Å². The van der Waals surface area contributed by atoms with Crippen LogP contribution in [0, 0.1) is 11.3 Å². The number of aliphatic carboxylic acids is 1. The molecule has 0 saturated carbocycles. The lowest BCUT2D eigenvalue weighted by Crippen LogP contribution is -2.54. The zero-order chi connectivity index (χ0) is 14.2. The Morgan fingerprint density at radius 1 is 1.26 bits per heavy atom. The summed E-state index contributed by atoms with van der Waals surface area (Å²) in [5, 5.41) is 9.31. The van der Waals surface area contributed by atoms with Crippen LogP contribution in [0.25, 0.3) is 0 Å². The van der Waals surface area contributed by atoms with Gasteiger partial charge in [0.1, 0.15) is 6.04 Å². The van der Waals surface area contributed by atoms with E-state index in [0.29, 0.717) is 18.9 Å². The summed E-state index contributed by atoms with van der Waals surface area (Å²) < 4.78 is 0. The Labute approximate surface area is 114 Å². The summed E-state index contributed by atoms with van der Waals surface area (Å²) in [7, 11) is 0. The van der Waals surface area contributed by atoms with Crippen molar-refractivity contribution in [1.29, 1.82) is 0 Å². The molecule has 0 aliphatic carbocycles. The molecule has 5 nitrogen and oxygen atoms in total. The maximum absolute atomic E-state index is 12.5. The highest BCUT2D eigenvalue weighted by molar-refractivity contribution is 5.83. The van der Waals surface area contributed by atoms with Crippen LogP contribution in [-0.2, 0) is 4.79 Å². The van der Waals surface area contributed by atoms with Crippen LogP contribution >= 0.6 is 0 Å². The molecule has 5 heteroatoms. The van der Waals surface area contributed by atoms with E-state index in [2.05, 4.69) is 20.8 Å². The highest BCUT2D eigenvalue weighted by Crippen LogP contribution is 2.31. The molecule has 1 N–H and O–H groups in total.